The second kappa shape index (κ2) is 7.06. The van der Waals surface area contributed by atoms with Gasteiger partial charge in [-0.05, 0) is 12.5 Å². The van der Waals surface area contributed by atoms with Gasteiger partial charge in [-0.25, -0.2) is 0 Å². The minimum atomic E-state index is -0.523. The van der Waals surface area contributed by atoms with E-state index in [1.807, 2.05) is 0 Å². The zero-order chi connectivity index (χ0) is 12.7. The summed E-state index contributed by atoms with van der Waals surface area (Å²) in [5.74, 6) is -0.000927. The Morgan fingerprint density at radius 3 is 2.82 bits per heavy atom. The molecule has 0 aliphatic rings. The Bertz CT molecular complexity index is 385. The van der Waals surface area contributed by atoms with E-state index in [9.17, 15) is 10.1 Å². The Hall–Kier alpha value is -1.36. The SMILES string of the molecule is CCCCCCOc1nc(Cl)ccc1[N+](=O)[O-]. The number of nitro groups is 1. The van der Waals surface area contributed by atoms with E-state index in [0.29, 0.717) is 6.61 Å². The molecule has 5 nitrogen and oxygen atoms in total. The summed E-state index contributed by atoms with van der Waals surface area (Å²) in [4.78, 5) is 14.0. The minimum absolute atomic E-state index is 0.000927. The van der Waals surface area contributed by atoms with Gasteiger partial charge in [0.2, 0.25) is 0 Å². The molecule has 0 aliphatic carbocycles. The molecule has 6 heteroatoms. The van der Waals surface area contributed by atoms with Crippen molar-refractivity contribution in [3.8, 4) is 5.88 Å². The van der Waals surface area contributed by atoms with Crippen LogP contribution in [-0.4, -0.2) is 16.5 Å². The van der Waals surface area contributed by atoms with Gasteiger partial charge >= 0.3 is 5.69 Å². The van der Waals surface area contributed by atoms with Crippen LogP contribution in [0.25, 0.3) is 0 Å². The highest BCUT2D eigenvalue weighted by atomic mass is 35.5. The van der Waals surface area contributed by atoms with Crippen molar-refractivity contribution in [1.29, 1.82) is 0 Å². The normalized spacial score (nSPS) is 10.2. The lowest BCUT2D eigenvalue weighted by Gasteiger charge is -2.05. The van der Waals surface area contributed by atoms with E-state index in [0.717, 1.165) is 25.7 Å². The van der Waals surface area contributed by atoms with Crippen molar-refractivity contribution in [3.05, 3.63) is 27.4 Å². The zero-order valence-electron chi connectivity index (χ0n) is 9.69. The number of hydrogen-bond donors (Lipinski definition) is 0. The van der Waals surface area contributed by atoms with Gasteiger partial charge in [0.1, 0.15) is 5.15 Å². The number of halogens is 1. The van der Waals surface area contributed by atoms with Crippen LogP contribution in [0, 0.1) is 10.1 Å². The fourth-order valence-corrected chi connectivity index (χ4v) is 1.49. The summed E-state index contributed by atoms with van der Waals surface area (Å²) in [5, 5.41) is 10.9. The first kappa shape index (κ1) is 13.7. The predicted molar refractivity (Wildman–Crippen MR) is 65.5 cm³/mol. The zero-order valence-corrected chi connectivity index (χ0v) is 10.4. The second-order valence-electron chi connectivity index (χ2n) is 3.62. The Kier molecular flexibility index (Phi) is 5.69. The molecule has 0 spiro atoms. The van der Waals surface area contributed by atoms with Crippen molar-refractivity contribution < 1.29 is 9.66 Å². The average Bonchev–Trinajstić information content (AvgIpc) is 2.28. The summed E-state index contributed by atoms with van der Waals surface area (Å²) >= 11 is 5.67. The van der Waals surface area contributed by atoms with E-state index < -0.39 is 4.92 Å². The predicted octanol–water partition coefficient (Wildman–Crippen LogP) is 3.60. The summed E-state index contributed by atoms with van der Waals surface area (Å²) < 4.78 is 5.29. The first-order valence-electron chi connectivity index (χ1n) is 5.59. The Morgan fingerprint density at radius 1 is 1.41 bits per heavy atom. The van der Waals surface area contributed by atoms with Gasteiger partial charge in [0.25, 0.3) is 5.88 Å². The molecular weight excluding hydrogens is 244 g/mol. The fourth-order valence-electron chi connectivity index (χ4n) is 1.35. The molecule has 1 aromatic rings. The van der Waals surface area contributed by atoms with Crippen molar-refractivity contribution in [1.82, 2.24) is 4.98 Å². The van der Waals surface area contributed by atoms with E-state index in [1.54, 1.807) is 0 Å². The van der Waals surface area contributed by atoms with Crippen LogP contribution in [0.3, 0.4) is 0 Å². The van der Waals surface area contributed by atoms with Crippen LogP contribution in [0.15, 0.2) is 12.1 Å². The molecule has 0 saturated heterocycles. The van der Waals surface area contributed by atoms with Crippen molar-refractivity contribution in [2.24, 2.45) is 0 Å². The molecule has 0 atom stereocenters. The molecule has 0 bridgehead atoms. The van der Waals surface area contributed by atoms with Gasteiger partial charge < -0.3 is 4.74 Å². The van der Waals surface area contributed by atoms with Crippen LogP contribution in [0.4, 0.5) is 5.69 Å². The maximum absolute atomic E-state index is 10.7. The van der Waals surface area contributed by atoms with E-state index >= 15 is 0 Å². The molecule has 0 radical (unpaired) electrons. The van der Waals surface area contributed by atoms with Crippen molar-refractivity contribution in [2.75, 3.05) is 6.61 Å². The molecule has 0 unspecified atom stereocenters. The smallest absolute Gasteiger partial charge is 0.331 e. The van der Waals surface area contributed by atoms with Gasteiger partial charge in [-0.3, -0.25) is 10.1 Å². The number of hydrogen-bond acceptors (Lipinski definition) is 4. The molecule has 1 rings (SSSR count). The van der Waals surface area contributed by atoms with Gasteiger partial charge in [-0.1, -0.05) is 37.8 Å². The van der Waals surface area contributed by atoms with Gasteiger partial charge in [-0.15, -0.1) is 0 Å². The van der Waals surface area contributed by atoms with Crippen LogP contribution in [0.2, 0.25) is 5.15 Å². The molecule has 1 aromatic heterocycles. The molecule has 94 valence electrons. The lowest BCUT2D eigenvalue weighted by Crippen LogP contribution is -2.02. The molecule has 0 fully saturated rings. The highest BCUT2D eigenvalue weighted by Gasteiger charge is 2.16. The maximum Gasteiger partial charge on any atom is 0.331 e. The largest absolute Gasteiger partial charge is 0.473 e. The Labute approximate surface area is 105 Å². The van der Waals surface area contributed by atoms with Gasteiger partial charge in [0.15, 0.2) is 0 Å². The van der Waals surface area contributed by atoms with E-state index in [4.69, 9.17) is 16.3 Å². The lowest BCUT2D eigenvalue weighted by atomic mass is 10.2. The highest BCUT2D eigenvalue weighted by molar-refractivity contribution is 6.29. The van der Waals surface area contributed by atoms with Gasteiger partial charge in [0.05, 0.1) is 11.5 Å². The number of unbranched alkanes of at least 4 members (excludes halogenated alkanes) is 3. The van der Waals surface area contributed by atoms with Crippen molar-refractivity contribution in [2.45, 2.75) is 32.6 Å². The average molecular weight is 259 g/mol. The molecular formula is C11H15ClN2O3. The van der Waals surface area contributed by atoms with Crippen LogP contribution in [0.1, 0.15) is 32.6 Å². The Balaban J connectivity index is 2.56. The maximum atomic E-state index is 10.7. The number of pyridine rings is 1. The standard InChI is InChI=1S/C11H15ClN2O3/c1-2-3-4-5-8-17-11-9(14(15)16)6-7-10(12)13-11/h6-7H,2-5,8H2,1H3. The van der Waals surface area contributed by atoms with Gasteiger partial charge in [0, 0.05) is 6.07 Å². The van der Waals surface area contributed by atoms with E-state index in [-0.39, 0.29) is 16.7 Å². The fraction of sp³-hybridized carbons (Fsp3) is 0.545. The van der Waals surface area contributed by atoms with E-state index in [2.05, 4.69) is 11.9 Å². The second-order valence-corrected chi connectivity index (χ2v) is 4.01. The summed E-state index contributed by atoms with van der Waals surface area (Å²) in [7, 11) is 0. The monoisotopic (exact) mass is 258 g/mol. The van der Waals surface area contributed by atoms with Crippen LogP contribution in [0.5, 0.6) is 5.88 Å². The molecule has 0 N–H and O–H groups in total. The van der Waals surface area contributed by atoms with Crippen molar-refractivity contribution in [3.63, 3.8) is 0 Å². The summed E-state index contributed by atoms with van der Waals surface area (Å²) in [6, 6.07) is 2.68. The summed E-state index contributed by atoms with van der Waals surface area (Å²) in [5.41, 5.74) is -0.148. The van der Waals surface area contributed by atoms with Crippen LogP contribution in [-0.2, 0) is 0 Å². The number of nitrogens with zero attached hydrogens (tertiary/aromatic N) is 2. The summed E-state index contributed by atoms with van der Waals surface area (Å²) in [6.07, 6.45) is 4.17. The lowest BCUT2D eigenvalue weighted by molar-refractivity contribution is -0.386. The molecule has 1 heterocycles. The third-order valence-corrected chi connectivity index (χ3v) is 2.45. The molecule has 0 saturated carbocycles. The van der Waals surface area contributed by atoms with E-state index in [1.165, 1.54) is 12.1 Å². The number of aromatic nitrogens is 1. The van der Waals surface area contributed by atoms with Gasteiger partial charge in [-0.2, -0.15) is 4.98 Å². The van der Waals surface area contributed by atoms with Crippen molar-refractivity contribution >= 4 is 17.3 Å². The van der Waals surface area contributed by atoms with Crippen LogP contribution < -0.4 is 4.74 Å². The molecule has 0 aliphatic heterocycles. The third kappa shape index (κ3) is 4.56. The first-order chi connectivity index (χ1) is 8.15. The highest BCUT2D eigenvalue weighted by Crippen LogP contribution is 2.26. The third-order valence-electron chi connectivity index (χ3n) is 2.24. The topological polar surface area (TPSA) is 65.3 Å². The first-order valence-corrected chi connectivity index (χ1v) is 5.96. The Morgan fingerprint density at radius 2 is 2.18 bits per heavy atom. The summed E-state index contributed by atoms with van der Waals surface area (Å²) in [6.45, 7) is 2.54. The van der Waals surface area contributed by atoms with Crippen LogP contribution >= 0.6 is 11.6 Å². The molecule has 17 heavy (non-hydrogen) atoms. The number of ether oxygens (including phenoxy) is 1. The molecule has 0 aromatic carbocycles. The quantitative estimate of drug-likeness (QED) is 0.324. The number of rotatable bonds is 7. The minimum Gasteiger partial charge on any atom is -0.473 e. The molecule has 0 amide bonds.